The molecule has 1 amide bonds. The van der Waals surface area contributed by atoms with E-state index in [2.05, 4.69) is 15.9 Å². The molecule has 18 heavy (non-hydrogen) atoms. The van der Waals surface area contributed by atoms with Crippen molar-refractivity contribution in [1.82, 2.24) is 4.90 Å². The van der Waals surface area contributed by atoms with E-state index < -0.39 is 11.8 Å². The molecule has 0 unspecified atom stereocenters. The summed E-state index contributed by atoms with van der Waals surface area (Å²) in [7, 11) is 0. The maximum absolute atomic E-state index is 13.0. The molecule has 1 fully saturated rings. The number of carbonyl (C=O) groups excluding carboxylic acids is 1. The number of hydrogen-bond donors (Lipinski definition) is 1. The summed E-state index contributed by atoms with van der Waals surface area (Å²) < 4.78 is 13.3. The summed E-state index contributed by atoms with van der Waals surface area (Å²) in [5.74, 6) is -1.44. The van der Waals surface area contributed by atoms with E-state index in [4.69, 9.17) is 5.11 Å². The van der Waals surface area contributed by atoms with Crippen molar-refractivity contribution >= 4 is 27.8 Å². The van der Waals surface area contributed by atoms with Crippen molar-refractivity contribution in [3.63, 3.8) is 0 Å². The zero-order valence-electron chi connectivity index (χ0n) is 9.40. The van der Waals surface area contributed by atoms with E-state index in [1.165, 1.54) is 18.2 Å². The Hall–Kier alpha value is -1.43. The molecular weight excluding hydrogens is 305 g/mol. The van der Waals surface area contributed by atoms with Crippen LogP contribution in [-0.2, 0) is 4.79 Å². The van der Waals surface area contributed by atoms with Crippen molar-refractivity contribution < 1.29 is 19.1 Å². The standard InChI is InChI=1S/C12H11BrFNO3/c13-9-4-8(1-2-10(9)14)12(18)15-5-7(6-15)3-11(16)17/h1-2,4,7H,3,5-6H2,(H,16,17). The van der Waals surface area contributed by atoms with Crippen LogP contribution in [0.1, 0.15) is 16.8 Å². The highest BCUT2D eigenvalue weighted by atomic mass is 79.9. The zero-order chi connectivity index (χ0) is 13.3. The van der Waals surface area contributed by atoms with Crippen molar-refractivity contribution in [3.8, 4) is 0 Å². The van der Waals surface area contributed by atoms with Gasteiger partial charge in [-0.1, -0.05) is 0 Å². The number of halogens is 2. The molecule has 0 aliphatic carbocycles. The Morgan fingerprint density at radius 1 is 1.44 bits per heavy atom. The van der Waals surface area contributed by atoms with Crippen LogP contribution >= 0.6 is 15.9 Å². The number of carbonyl (C=O) groups is 2. The van der Waals surface area contributed by atoms with Gasteiger partial charge in [0.2, 0.25) is 0 Å². The highest BCUT2D eigenvalue weighted by Crippen LogP contribution is 2.23. The van der Waals surface area contributed by atoms with Gasteiger partial charge in [0.1, 0.15) is 5.82 Å². The molecule has 0 spiro atoms. The van der Waals surface area contributed by atoms with Crippen LogP contribution in [0.3, 0.4) is 0 Å². The van der Waals surface area contributed by atoms with Crippen LogP contribution in [0.4, 0.5) is 4.39 Å². The Bertz CT molecular complexity index is 500. The van der Waals surface area contributed by atoms with Gasteiger partial charge in [0.05, 0.1) is 10.9 Å². The molecule has 6 heteroatoms. The van der Waals surface area contributed by atoms with Gasteiger partial charge in [-0.2, -0.15) is 0 Å². The molecule has 0 radical (unpaired) electrons. The van der Waals surface area contributed by atoms with E-state index in [9.17, 15) is 14.0 Å². The van der Waals surface area contributed by atoms with Crippen LogP contribution in [-0.4, -0.2) is 35.0 Å². The molecule has 96 valence electrons. The van der Waals surface area contributed by atoms with Gasteiger partial charge in [-0.3, -0.25) is 9.59 Å². The lowest BCUT2D eigenvalue weighted by molar-refractivity contribution is -0.139. The van der Waals surface area contributed by atoms with Crippen LogP contribution < -0.4 is 0 Å². The number of aliphatic carboxylic acids is 1. The fraction of sp³-hybridized carbons (Fsp3) is 0.333. The second-order valence-corrected chi connectivity index (χ2v) is 5.16. The zero-order valence-corrected chi connectivity index (χ0v) is 11.0. The Kier molecular flexibility index (Phi) is 3.65. The molecule has 0 bridgehead atoms. The third-order valence-corrected chi connectivity index (χ3v) is 3.48. The summed E-state index contributed by atoms with van der Waals surface area (Å²) in [6.45, 7) is 0.889. The average molecular weight is 316 g/mol. The Morgan fingerprint density at radius 2 is 2.11 bits per heavy atom. The predicted molar refractivity (Wildman–Crippen MR) is 65.7 cm³/mol. The Morgan fingerprint density at radius 3 is 2.67 bits per heavy atom. The van der Waals surface area contributed by atoms with Gasteiger partial charge in [-0.15, -0.1) is 0 Å². The first-order valence-corrected chi connectivity index (χ1v) is 6.23. The maximum atomic E-state index is 13.0. The highest BCUT2D eigenvalue weighted by Gasteiger charge is 2.32. The molecule has 4 nitrogen and oxygen atoms in total. The second-order valence-electron chi connectivity index (χ2n) is 4.30. The predicted octanol–water partition coefficient (Wildman–Crippen LogP) is 2.13. The van der Waals surface area contributed by atoms with Gasteiger partial charge in [0.25, 0.3) is 5.91 Å². The summed E-state index contributed by atoms with van der Waals surface area (Å²) in [5.41, 5.74) is 0.400. The largest absolute Gasteiger partial charge is 0.481 e. The normalized spacial score (nSPS) is 15.3. The number of carboxylic acid groups (broad SMARTS) is 1. The SMILES string of the molecule is O=C(O)CC1CN(C(=O)c2ccc(F)c(Br)c2)C1. The monoisotopic (exact) mass is 315 g/mol. The van der Waals surface area contributed by atoms with Gasteiger partial charge >= 0.3 is 5.97 Å². The lowest BCUT2D eigenvalue weighted by Gasteiger charge is -2.38. The number of amides is 1. The maximum Gasteiger partial charge on any atom is 0.303 e. The van der Waals surface area contributed by atoms with Gasteiger partial charge in [0.15, 0.2) is 0 Å². The number of carboxylic acids is 1. The minimum absolute atomic E-state index is 0.0235. The smallest absolute Gasteiger partial charge is 0.303 e. The van der Waals surface area contributed by atoms with Crippen molar-refractivity contribution in [3.05, 3.63) is 34.1 Å². The minimum atomic E-state index is -0.850. The number of likely N-dealkylation sites (tertiary alicyclic amines) is 1. The van der Waals surface area contributed by atoms with Crippen LogP contribution in [0.5, 0.6) is 0 Å². The van der Waals surface area contributed by atoms with Crippen LogP contribution in [0.15, 0.2) is 22.7 Å². The van der Waals surface area contributed by atoms with Crippen molar-refractivity contribution in [1.29, 1.82) is 0 Å². The van der Waals surface area contributed by atoms with Crippen molar-refractivity contribution in [2.24, 2.45) is 5.92 Å². The first-order chi connectivity index (χ1) is 8.47. The topological polar surface area (TPSA) is 57.6 Å². The van der Waals surface area contributed by atoms with Crippen molar-refractivity contribution in [2.45, 2.75) is 6.42 Å². The first kappa shape index (κ1) is 13.0. The van der Waals surface area contributed by atoms with Crippen LogP contribution in [0, 0.1) is 11.7 Å². The molecule has 0 atom stereocenters. The number of rotatable bonds is 3. The van der Waals surface area contributed by atoms with E-state index in [1.807, 2.05) is 0 Å². The summed E-state index contributed by atoms with van der Waals surface area (Å²) in [5, 5.41) is 8.61. The summed E-state index contributed by atoms with van der Waals surface area (Å²) in [4.78, 5) is 24.0. The molecule has 1 aromatic rings. The summed E-state index contributed by atoms with van der Waals surface area (Å²) in [6, 6.07) is 4.08. The lowest BCUT2D eigenvalue weighted by atomic mass is 9.95. The quantitative estimate of drug-likeness (QED) is 0.929. The molecule has 1 aliphatic rings. The van der Waals surface area contributed by atoms with Gasteiger partial charge in [-0.25, -0.2) is 4.39 Å². The van der Waals surface area contributed by atoms with E-state index in [0.29, 0.717) is 18.7 Å². The molecule has 1 N–H and O–H groups in total. The molecule has 1 aromatic carbocycles. The van der Waals surface area contributed by atoms with Crippen LogP contribution in [0.2, 0.25) is 0 Å². The molecule has 1 heterocycles. The Balaban J connectivity index is 1.97. The summed E-state index contributed by atoms with van der Waals surface area (Å²) in [6.07, 6.45) is 0.0803. The van der Waals surface area contributed by atoms with E-state index in [-0.39, 0.29) is 22.7 Å². The van der Waals surface area contributed by atoms with E-state index in [1.54, 1.807) is 4.90 Å². The molecule has 2 rings (SSSR count). The van der Waals surface area contributed by atoms with Gasteiger partial charge < -0.3 is 10.0 Å². The minimum Gasteiger partial charge on any atom is -0.481 e. The Labute approximate surface area is 112 Å². The molecule has 0 saturated carbocycles. The fourth-order valence-corrected chi connectivity index (χ4v) is 2.30. The summed E-state index contributed by atoms with van der Waals surface area (Å²) >= 11 is 3.02. The molecule has 1 aliphatic heterocycles. The molecular formula is C12H11BrFNO3. The average Bonchev–Trinajstić information content (AvgIpc) is 2.25. The number of nitrogens with zero attached hydrogens (tertiary/aromatic N) is 1. The molecule has 0 aromatic heterocycles. The third kappa shape index (κ3) is 2.69. The van der Waals surface area contributed by atoms with E-state index in [0.717, 1.165) is 0 Å². The molecule has 1 saturated heterocycles. The first-order valence-electron chi connectivity index (χ1n) is 5.43. The fourth-order valence-electron chi connectivity index (χ4n) is 1.92. The van der Waals surface area contributed by atoms with Gasteiger partial charge in [-0.05, 0) is 34.1 Å². The number of hydrogen-bond acceptors (Lipinski definition) is 2. The van der Waals surface area contributed by atoms with Crippen LogP contribution in [0.25, 0.3) is 0 Å². The third-order valence-electron chi connectivity index (χ3n) is 2.87. The second kappa shape index (κ2) is 5.06. The highest BCUT2D eigenvalue weighted by molar-refractivity contribution is 9.10. The van der Waals surface area contributed by atoms with Crippen molar-refractivity contribution in [2.75, 3.05) is 13.1 Å². The lowest BCUT2D eigenvalue weighted by Crippen LogP contribution is -2.50. The number of benzene rings is 1. The van der Waals surface area contributed by atoms with Gasteiger partial charge in [0, 0.05) is 24.6 Å². The van der Waals surface area contributed by atoms with E-state index >= 15 is 0 Å².